The average molecular weight is 316 g/mol. The molecule has 0 saturated carbocycles. The number of carbonyl (C=O) groups excluding carboxylic acids is 1. The van der Waals surface area contributed by atoms with Gasteiger partial charge in [0, 0.05) is 39.4 Å². The molecular formula is C15H32N4O3. The van der Waals surface area contributed by atoms with Crippen LogP contribution in [0.15, 0.2) is 4.99 Å². The highest BCUT2D eigenvalue weighted by atomic mass is 16.6. The zero-order chi connectivity index (χ0) is 17.0. The lowest BCUT2D eigenvalue weighted by Crippen LogP contribution is -2.42. The van der Waals surface area contributed by atoms with Crippen LogP contribution in [0.1, 0.15) is 41.0 Å². The average Bonchev–Trinajstić information content (AvgIpc) is 2.41. The summed E-state index contributed by atoms with van der Waals surface area (Å²) < 4.78 is 10.6. The van der Waals surface area contributed by atoms with Gasteiger partial charge in [-0.1, -0.05) is 0 Å². The van der Waals surface area contributed by atoms with Gasteiger partial charge >= 0.3 is 6.09 Å². The Morgan fingerprint density at radius 1 is 1.32 bits per heavy atom. The van der Waals surface area contributed by atoms with Gasteiger partial charge in [0.2, 0.25) is 0 Å². The predicted molar refractivity (Wildman–Crippen MR) is 89.1 cm³/mol. The van der Waals surface area contributed by atoms with Crippen LogP contribution in [0.3, 0.4) is 0 Å². The van der Waals surface area contributed by atoms with Crippen LogP contribution in [-0.2, 0) is 9.47 Å². The molecule has 22 heavy (non-hydrogen) atoms. The monoisotopic (exact) mass is 316 g/mol. The molecule has 0 aliphatic rings. The number of ether oxygens (including phenoxy) is 2. The van der Waals surface area contributed by atoms with Gasteiger partial charge in [-0.2, -0.15) is 0 Å². The standard InChI is InChI=1S/C15H32N4O3/c1-6-19(14(20)22-15(3,4)5)11-10-18-13(16)17-9-8-12-21-7-2/h6-12H2,1-5H3,(H3,16,17,18). The van der Waals surface area contributed by atoms with Crippen molar-refractivity contribution in [1.82, 2.24) is 10.2 Å². The fraction of sp³-hybridized carbons (Fsp3) is 0.867. The summed E-state index contributed by atoms with van der Waals surface area (Å²) in [5.74, 6) is 0.386. The van der Waals surface area contributed by atoms with Crippen LogP contribution in [0, 0.1) is 0 Å². The molecule has 0 rings (SSSR count). The molecule has 0 aliphatic heterocycles. The maximum atomic E-state index is 11.9. The Balaban J connectivity index is 3.99. The van der Waals surface area contributed by atoms with Crippen molar-refractivity contribution in [2.45, 2.75) is 46.6 Å². The Kier molecular flexibility index (Phi) is 10.4. The summed E-state index contributed by atoms with van der Waals surface area (Å²) in [5.41, 5.74) is 5.27. The van der Waals surface area contributed by atoms with Crippen molar-refractivity contribution in [3.8, 4) is 0 Å². The van der Waals surface area contributed by atoms with Crippen LogP contribution >= 0.6 is 0 Å². The summed E-state index contributed by atoms with van der Waals surface area (Å²) in [6, 6.07) is 0. The second-order valence-corrected chi connectivity index (χ2v) is 5.80. The van der Waals surface area contributed by atoms with Crippen LogP contribution < -0.4 is 11.1 Å². The first-order chi connectivity index (χ1) is 10.3. The van der Waals surface area contributed by atoms with Gasteiger partial charge in [0.25, 0.3) is 0 Å². The molecule has 0 fully saturated rings. The van der Waals surface area contributed by atoms with E-state index in [-0.39, 0.29) is 6.09 Å². The Bertz CT molecular complexity index is 340. The molecule has 0 radical (unpaired) electrons. The molecule has 0 spiro atoms. The SMILES string of the molecule is CCOCCCN=C(N)NCCN(CC)C(=O)OC(C)(C)C. The number of nitrogens with one attached hydrogen (secondary N) is 1. The zero-order valence-electron chi connectivity index (χ0n) is 14.6. The van der Waals surface area contributed by atoms with Crippen LogP contribution in [0.4, 0.5) is 4.79 Å². The molecule has 1 amide bonds. The van der Waals surface area contributed by atoms with Gasteiger partial charge in [-0.15, -0.1) is 0 Å². The third-order valence-electron chi connectivity index (χ3n) is 2.65. The number of nitrogens with zero attached hydrogens (tertiary/aromatic N) is 2. The number of likely N-dealkylation sites (N-methyl/N-ethyl adjacent to an activating group) is 1. The maximum Gasteiger partial charge on any atom is 0.410 e. The first-order valence-corrected chi connectivity index (χ1v) is 7.89. The van der Waals surface area contributed by atoms with E-state index >= 15 is 0 Å². The summed E-state index contributed by atoms with van der Waals surface area (Å²) in [5, 5.41) is 2.99. The summed E-state index contributed by atoms with van der Waals surface area (Å²) in [4.78, 5) is 17.8. The van der Waals surface area contributed by atoms with E-state index < -0.39 is 5.60 Å². The Morgan fingerprint density at radius 2 is 2.00 bits per heavy atom. The van der Waals surface area contributed by atoms with Crippen LogP contribution in [0.25, 0.3) is 0 Å². The van der Waals surface area contributed by atoms with Crippen LogP contribution in [0.2, 0.25) is 0 Å². The van der Waals surface area contributed by atoms with E-state index in [1.165, 1.54) is 0 Å². The first-order valence-electron chi connectivity index (χ1n) is 7.89. The lowest BCUT2D eigenvalue weighted by Gasteiger charge is -2.26. The van der Waals surface area contributed by atoms with Gasteiger partial charge in [-0.25, -0.2) is 4.79 Å². The third kappa shape index (κ3) is 11.2. The lowest BCUT2D eigenvalue weighted by molar-refractivity contribution is 0.0264. The summed E-state index contributed by atoms with van der Waals surface area (Å²) in [6.45, 7) is 13.1. The molecule has 0 bridgehead atoms. The maximum absolute atomic E-state index is 11.9. The molecular weight excluding hydrogens is 284 g/mol. The molecule has 7 heteroatoms. The topological polar surface area (TPSA) is 89.2 Å². The molecule has 0 aliphatic carbocycles. The molecule has 3 N–H and O–H groups in total. The highest BCUT2D eigenvalue weighted by Gasteiger charge is 2.20. The van der Waals surface area contributed by atoms with E-state index in [1.807, 2.05) is 34.6 Å². The second-order valence-electron chi connectivity index (χ2n) is 5.80. The summed E-state index contributed by atoms with van der Waals surface area (Å²) >= 11 is 0. The fourth-order valence-corrected chi connectivity index (χ4v) is 1.59. The van der Waals surface area contributed by atoms with E-state index in [0.29, 0.717) is 38.7 Å². The van der Waals surface area contributed by atoms with Crippen molar-refractivity contribution in [1.29, 1.82) is 0 Å². The van der Waals surface area contributed by atoms with Gasteiger partial charge in [0.15, 0.2) is 5.96 Å². The largest absolute Gasteiger partial charge is 0.444 e. The van der Waals surface area contributed by atoms with Gasteiger partial charge in [0.1, 0.15) is 5.60 Å². The summed E-state index contributed by atoms with van der Waals surface area (Å²) in [6.07, 6.45) is 0.527. The van der Waals surface area contributed by atoms with Crippen molar-refractivity contribution in [2.75, 3.05) is 39.4 Å². The zero-order valence-corrected chi connectivity index (χ0v) is 14.6. The molecule has 0 aromatic heterocycles. The molecule has 0 unspecified atom stereocenters. The number of carbonyl (C=O) groups is 1. The molecule has 0 heterocycles. The Labute approximate surface area is 134 Å². The van der Waals surface area contributed by atoms with Crippen molar-refractivity contribution >= 4 is 12.1 Å². The van der Waals surface area contributed by atoms with E-state index in [0.717, 1.165) is 13.0 Å². The van der Waals surface area contributed by atoms with E-state index in [2.05, 4.69) is 10.3 Å². The number of hydrogen-bond acceptors (Lipinski definition) is 4. The summed E-state index contributed by atoms with van der Waals surface area (Å²) in [7, 11) is 0. The smallest absolute Gasteiger partial charge is 0.410 e. The van der Waals surface area contributed by atoms with E-state index in [1.54, 1.807) is 4.90 Å². The van der Waals surface area contributed by atoms with E-state index in [9.17, 15) is 4.79 Å². The van der Waals surface area contributed by atoms with Gasteiger partial charge in [-0.3, -0.25) is 4.99 Å². The van der Waals surface area contributed by atoms with Crippen molar-refractivity contribution in [2.24, 2.45) is 10.7 Å². The lowest BCUT2D eigenvalue weighted by atomic mass is 10.2. The third-order valence-corrected chi connectivity index (χ3v) is 2.65. The Hall–Kier alpha value is -1.50. The number of aliphatic imine (C=N–C) groups is 1. The van der Waals surface area contributed by atoms with Crippen LogP contribution in [0.5, 0.6) is 0 Å². The predicted octanol–water partition coefficient (Wildman–Crippen LogP) is 1.57. The van der Waals surface area contributed by atoms with Crippen molar-refractivity contribution < 1.29 is 14.3 Å². The minimum Gasteiger partial charge on any atom is -0.444 e. The van der Waals surface area contributed by atoms with Crippen LogP contribution in [-0.4, -0.2) is 61.9 Å². The highest BCUT2D eigenvalue weighted by molar-refractivity contribution is 5.77. The highest BCUT2D eigenvalue weighted by Crippen LogP contribution is 2.09. The number of rotatable bonds is 9. The molecule has 0 atom stereocenters. The first kappa shape index (κ1) is 20.5. The van der Waals surface area contributed by atoms with E-state index in [4.69, 9.17) is 15.2 Å². The van der Waals surface area contributed by atoms with Gasteiger partial charge in [0.05, 0.1) is 0 Å². The number of nitrogens with two attached hydrogens (primary N) is 1. The second kappa shape index (κ2) is 11.1. The fourth-order valence-electron chi connectivity index (χ4n) is 1.59. The molecule has 0 aromatic rings. The molecule has 7 nitrogen and oxygen atoms in total. The molecule has 0 saturated heterocycles. The quantitative estimate of drug-likeness (QED) is 0.383. The minimum atomic E-state index is -0.487. The van der Waals surface area contributed by atoms with Crippen molar-refractivity contribution in [3.63, 3.8) is 0 Å². The number of guanidine groups is 1. The molecule has 0 aromatic carbocycles. The molecule has 130 valence electrons. The minimum absolute atomic E-state index is 0.316. The number of amides is 1. The van der Waals surface area contributed by atoms with Crippen molar-refractivity contribution in [3.05, 3.63) is 0 Å². The van der Waals surface area contributed by atoms with Gasteiger partial charge in [-0.05, 0) is 41.0 Å². The number of hydrogen-bond donors (Lipinski definition) is 2. The Morgan fingerprint density at radius 3 is 2.55 bits per heavy atom. The van der Waals surface area contributed by atoms with Gasteiger partial charge < -0.3 is 25.4 Å². The normalized spacial score (nSPS) is 12.1.